The molecule has 0 saturated carbocycles. The normalized spacial score (nSPS) is 16.0. The Hall–Kier alpha value is -3.73. The van der Waals surface area contributed by atoms with Crippen LogP contribution >= 0.6 is 0 Å². The Morgan fingerprint density at radius 1 is 0.893 bits per heavy atom. The van der Waals surface area contributed by atoms with Crippen LogP contribution < -0.4 is 10.2 Å². The molecule has 1 aliphatic rings. The number of amides is 4. The summed E-state index contributed by atoms with van der Waals surface area (Å²) >= 11 is 0. The van der Waals surface area contributed by atoms with Crippen molar-refractivity contribution >= 4 is 40.4 Å². The Kier molecular flexibility index (Phi) is 4.49. The van der Waals surface area contributed by atoms with Crippen LogP contribution in [0.4, 0.5) is 10.5 Å². The van der Waals surface area contributed by atoms with Gasteiger partial charge in [-0.05, 0) is 40.5 Å². The van der Waals surface area contributed by atoms with E-state index in [1.54, 1.807) is 18.2 Å². The second-order valence-electron chi connectivity index (χ2n) is 6.51. The maximum Gasteiger partial charge on any atom is 0.335 e. The predicted octanol–water partition coefficient (Wildman–Crippen LogP) is 4.07. The van der Waals surface area contributed by atoms with Crippen LogP contribution in [-0.4, -0.2) is 17.8 Å². The van der Waals surface area contributed by atoms with Gasteiger partial charge in [0, 0.05) is 0 Å². The van der Waals surface area contributed by atoms with Gasteiger partial charge in [0.1, 0.15) is 5.57 Å². The van der Waals surface area contributed by atoms with Crippen molar-refractivity contribution in [3.8, 4) is 0 Å². The number of hydrogen-bond donors (Lipinski definition) is 1. The summed E-state index contributed by atoms with van der Waals surface area (Å²) < 4.78 is 0. The maximum atomic E-state index is 13.1. The van der Waals surface area contributed by atoms with Gasteiger partial charge < -0.3 is 0 Å². The number of carbonyl (C=O) groups excluding carboxylic acids is 3. The molecule has 28 heavy (non-hydrogen) atoms. The van der Waals surface area contributed by atoms with E-state index in [9.17, 15) is 14.4 Å². The Morgan fingerprint density at radius 2 is 1.61 bits per heavy atom. The lowest BCUT2D eigenvalue weighted by molar-refractivity contribution is -0.122. The van der Waals surface area contributed by atoms with Crippen LogP contribution in [0.2, 0.25) is 0 Å². The van der Waals surface area contributed by atoms with Gasteiger partial charge in [0.05, 0.1) is 5.69 Å². The number of anilines is 1. The average Bonchev–Trinajstić information content (AvgIpc) is 2.71. The molecule has 0 bridgehead atoms. The zero-order valence-corrected chi connectivity index (χ0v) is 15.3. The number of benzene rings is 3. The average molecular weight is 370 g/mol. The second-order valence-corrected chi connectivity index (χ2v) is 6.51. The molecule has 1 aliphatic heterocycles. The molecule has 3 aromatic carbocycles. The minimum Gasteiger partial charge on any atom is -0.273 e. The number of imide groups is 2. The van der Waals surface area contributed by atoms with Crippen molar-refractivity contribution < 1.29 is 14.4 Å². The summed E-state index contributed by atoms with van der Waals surface area (Å²) in [7, 11) is 0. The van der Waals surface area contributed by atoms with E-state index in [1.165, 1.54) is 0 Å². The molecule has 138 valence electrons. The molecule has 0 aliphatic carbocycles. The van der Waals surface area contributed by atoms with Crippen LogP contribution in [0, 0.1) is 0 Å². The smallest absolute Gasteiger partial charge is 0.273 e. The van der Waals surface area contributed by atoms with Crippen molar-refractivity contribution in [3.05, 3.63) is 83.4 Å². The number of aryl methyl sites for hydroxylation is 1. The minimum atomic E-state index is -0.731. The third-order valence-corrected chi connectivity index (χ3v) is 4.84. The largest absolute Gasteiger partial charge is 0.335 e. The van der Waals surface area contributed by atoms with E-state index in [0.29, 0.717) is 12.1 Å². The molecule has 3 aromatic rings. The summed E-state index contributed by atoms with van der Waals surface area (Å²) in [5, 5.41) is 4.22. The molecule has 0 spiro atoms. The molecule has 0 atom stereocenters. The van der Waals surface area contributed by atoms with E-state index in [-0.39, 0.29) is 5.57 Å². The van der Waals surface area contributed by atoms with Gasteiger partial charge >= 0.3 is 6.03 Å². The zero-order chi connectivity index (χ0) is 19.7. The number of urea groups is 1. The fourth-order valence-corrected chi connectivity index (χ4v) is 3.44. The Labute approximate surface area is 162 Å². The van der Waals surface area contributed by atoms with E-state index >= 15 is 0 Å². The quantitative estimate of drug-likeness (QED) is 0.558. The third-order valence-electron chi connectivity index (χ3n) is 4.84. The SMILES string of the molecule is CCc1ccccc1N1C(=O)NC(=O)C(=Cc2cccc3ccccc23)C1=O. The molecule has 1 heterocycles. The summed E-state index contributed by atoms with van der Waals surface area (Å²) in [5.41, 5.74) is 2.02. The van der Waals surface area contributed by atoms with Gasteiger partial charge in [-0.15, -0.1) is 0 Å². The van der Waals surface area contributed by atoms with E-state index in [4.69, 9.17) is 0 Å². The van der Waals surface area contributed by atoms with Crippen molar-refractivity contribution in [1.29, 1.82) is 0 Å². The van der Waals surface area contributed by atoms with Gasteiger partial charge in [-0.2, -0.15) is 0 Å². The monoisotopic (exact) mass is 370 g/mol. The Morgan fingerprint density at radius 3 is 2.43 bits per heavy atom. The van der Waals surface area contributed by atoms with Crippen molar-refractivity contribution in [2.45, 2.75) is 13.3 Å². The second kappa shape index (κ2) is 7.12. The molecule has 4 amide bonds. The highest BCUT2D eigenvalue weighted by Crippen LogP contribution is 2.27. The summed E-state index contributed by atoms with van der Waals surface area (Å²) in [6, 6.07) is 19.9. The molecular weight excluding hydrogens is 352 g/mol. The summed E-state index contributed by atoms with van der Waals surface area (Å²) in [6.45, 7) is 1.95. The first-order valence-corrected chi connectivity index (χ1v) is 9.07. The summed E-state index contributed by atoms with van der Waals surface area (Å²) in [6.07, 6.45) is 2.21. The lowest BCUT2D eigenvalue weighted by Gasteiger charge is -2.28. The summed E-state index contributed by atoms with van der Waals surface area (Å²) in [4.78, 5) is 39.0. The number of nitrogens with zero attached hydrogens (tertiary/aromatic N) is 1. The number of hydrogen-bond acceptors (Lipinski definition) is 3. The first-order valence-electron chi connectivity index (χ1n) is 9.07. The zero-order valence-electron chi connectivity index (χ0n) is 15.3. The Bertz CT molecular complexity index is 1140. The van der Waals surface area contributed by atoms with Crippen LogP contribution in [0.25, 0.3) is 16.8 Å². The molecule has 0 unspecified atom stereocenters. The van der Waals surface area contributed by atoms with Crippen molar-refractivity contribution in [3.63, 3.8) is 0 Å². The van der Waals surface area contributed by atoms with Crippen LogP contribution in [0.5, 0.6) is 0 Å². The fraction of sp³-hybridized carbons (Fsp3) is 0.0870. The van der Waals surface area contributed by atoms with E-state index in [0.717, 1.165) is 26.8 Å². The van der Waals surface area contributed by atoms with Crippen LogP contribution in [0.15, 0.2) is 72.3 Å². The van der Waals surface area contributed by atoms with Gasteiger partial charge in [0.15, 0.2) is 0 Å². The molecule has 1 saturated heterocycles. The molecule has 1 N–H and O–H groups in total. The lowest BCUT2D eigenvalue weighted by Crippen LogP contribution is -2.54. The fourth-order valence-electron chi connectivity index (χ4n) is 3.44. The van der Waals surface area contributed by atoms with E-state index in [2.05, 4.69) is 5.32 Å². The van der Waals surface area contributed by atoms with Gasteiger partial charge in [0.25, 0.3) is 11.8 Å². The highest BCUT2D eigenvalue weighted by atomic mass is 16.2. The number of fused-ring (bicyclic) bond motifs is 1. The van der Waals surface area contributed by atoms with E-state index in [1.807, 2.05) is 61.5 Å². The molecule has 5 nitrogen and oxygen atoms in total. The van der Waals surface area contributed by atoms with Gasteiger partial charge in [0.2, 0.25) is 0 Å². The summed E-state index contributed by atoms with van der Waals surface area (Å²) in [5.74, 6) is -1.31. The molecule has 0 aromatic heterocycles. The van der Waals surface area contributed by atoms with Crippen LogP contribution in [0.1, 0.15) is 18.1 Å². The van der Waals surface area contributed by atoms with Crippen molar-refractivity contribution in [2.75, 3.05) is 4.90 Å². The molecule has 4 rings (SSSR count). The first kappa shape index (κ1) is 17.7. The molecule has 5 heteroatoms. The van der Waals surface area contributed by atoms with Crippen molar-refractivity contribution in [1.82, 2.24) is 5.32 Å². The Balaban J connectivity index is 1.83. The van der Waals surface area contributed by atoms with Gasteiger partial charge in [-0.25, -0.2) is 9.69 Å². The lowest BCUT2D eigenvalue weighted by atomic mass is 10.0. The topological polar surface area (TPSA) is 66.5 Å². The third kappa shape index (κ3) is 2.97. The van der Waals surface area contributed by atoms with E-state index < -0.39 is 17.8 Å². The number of rotatable bonds is 3. The molecular formula is C23H18N2O3. The highest BCUT2D eigenvalue weighted by molar-refractivity contribution is 6.39. The minimum absolute atomic E-state index is 0.0677. The number of carbonyl (C=O) groups is 3. The highest BCUT2D eigenvalue weighted by Gasteiger charge is 2.37. The van der Waals surface area contributed by atoms with Crippen LogP contribution in [0.3, 0.4) is 0 Å². The number of para-hydroxylation sites is 1. The van der Waals surface area contributed by atoms with Crippen LogP contribution in [-0.2, 0) is 16.0 Å². The molecule has 1 fully saturated rings. The van der Waals surface area contributed by atoms with Gasteiger partial charge in [-0.3, -0.25) is 14.9 Å². The first-order chi connectivity index (χ1) is 13.6. The standard InChI is InChI=1S/C23H18N2O3/c1-2-15-8-4-6-13-20(15)25-22(27)19(21(26)24-23(25)28)14-17-11-7-10-16-9-3-5-12-18(16)17/h3-14H,2H2,1H3,(H,24,26,28). The predicted molar refractivity (Wildman–Crippen MR) is 109 cm³/mol. The van der Waals surface area contributed by atoms with Gasteiger partial charge in [-0.1, -0.05) is 67.6 Å². The number of nitrogens with one attached hydrogen (secondary N) is 1. The van der Waals surface area contributed by atoms with Crippen molar-refractivity contribution in [2.24, 2.45) is 0 Å². The number of barbiturate groups is 1. The molecule has 0 radical (unpaired) electrons. The maximum absolute atomic E-state index is 13.1.